The molecule has 0 radical (unpaired) electrons. The summed E-state index contributed by atoms with van der Waals surface area (Å²) in [5, 5.41) is 3.31. The molecular formula is C24H29ClFN3O4S. The summed E-state index contributed by atoms with van der Waals surface area (Å²) in [6.07, 6.45) is 4.87. The van der Waals surface area contributed by atoms with Crippen molar-refractivity contribution in [3.63, 3.8) is 0 Å². The van der Waals surface area contributed by atoms with Gasteiger partial charge in [0.2, 0.25) is 21.8 Å². The first-order chi connectivity index (χ1) is 16.0. The second kappa shape index (κ2) is 11.2. The van der Waals surface area contributed by atoms with E-state index in [-0.39, 0.29) is 24.2 Å². The second-order valence-corrected chi connectivity index (χ2v) is 10.9. The standard InChI is InChI=1S/C24H29ClFN3O4S/c1-17(24(31)27-21-7-3-4-8-21)28(15-18-10-12-20(26)13-11-18)23(30)16-29(34(2,32)33)22-9-5-6-19(25)14-22/h5-6,9-14,17,21H,3-4,7-8,15-16H2,1-2H3,(H,27,31). The Morgan fingerprint density at radius 3 is 2.38 bits per heavy atom. The zero-order valence-electron chi connectivity index (χ0n) is 19.2. The van der Waals surface area contributed by atoms with E-state index in [2.05, 4.69) is 5.32 Å². The first-order valence-corrected chi connectivity index (χ1v) is 13.3. The predicted molar refractivity (Wildman–Crippen MR) is 130 cm³/mol. The van der Waals surface area contributed by atoms with E-state index in [0.29, 0.717) is 10.6 Å². The molecule has 1 saturated carbocycles. The predicted octanol–water partition coefficient (Wildman–Crippen LogP) is 3.72. The Morgan fingerprint density at radius 1 is 1.15 bits per heavy atom. The maximum atomic E-state index is 13.4. The van der Waals surface area contributed by atoms with Crippen molar-refractivity contribution in [3.05, 3.63) is 64.9 Å². The van der Waals surface area contributed by atoms with Gasteiger partial charge < -0.3 is 10.2 Å². The average molecular weight is 510 g/mol. The van der Waals surface area contributed by atoms with Crippen LogP contribution in [-0.4, -0.2) is 50.0 Å². The number of nitrogens with one attached hydrogen (secondary N) is 1. The summed E-state index contributed by atoms with van der Waals surface area (Å²) in [5.41, 5.74) is 0.858. The highest BCUT2D eigenvalue weighted by molar-refractivity contribution is 7.92. The number of halogens is 2. The number of benzene rings is 2. The van der Waals surface area contributed by atoms with E-state index in [1.54, 1.807) is 25.1 Å². The molecule has 1 aliphatic rings. The number of sulfonamides is 1. The molecule has 1 unspecified atom stereocenters. The first-order valence-electron chi connectivity index (χ1n) is 11.1. The van der Waals surface area contributed by atoms with Gasteiger partial charge in [-0.1, -0.05) is 42.6 Å². The van der Waals surface area contributed by atoms with Crippen LogP contribution in [0.4, 0.5) is 10.1 Å². The Balaban J connectivity index is 1.87. The van der Waals surface area contributed by atoms with E-state index in [1.165, 1.54) is 35.2 Å². The van der Waals surface area contributed by atoms with E-state index in [4.69, 9.17) is 11.6 Å². The molecule has 34 heavy (non-hydrogen) atoms. The highest BCUT2D eigenvalue weighted by Crippen LogP contribution is 2.23. The molecule has 1 aliphatic carbocycles. The first kappa shape index (κ1) is 26.0. The van der Waals surface area contributed by atoms with Crippen molar-refractivity contribution < 1.29 is 22.4 Å². The van der Waals surface area contributed by atoms with Gasteiger partial charge in [-0.3, -0.25) is 13.9 Å². The maximum absolute atomic E-state index is 13.4. The van der Waals surface area contributed by atoms with Gasteiger partial charge in [-0.2, -0.15) is 0 Å². The Labute approximate surface area is 204 Å². The molecule has 7 nitrogen and oxygen atoms in total. The smallest absolute Gasteiger partial charge is 0.244 e. The number of amides is 2. The Kier molecular flexibility index (Phi) is 8.54. The molecule has 1 atom stereocenters. The van der Waals surface area contributed by atoms with Gasteiger partial charge in [0, 0.05) is 17.6 Å². The van der Waals surface area contributed by atoms with Crippen molar-refractivity contribution in [2.24, 2.45) is 0 Å². The quantitative estimate of drug-likeness (QED) is 0.558. The van der Waals surface area contributed by atoms with Crippen LogP contribution in [0.5, 0.6) is 0 Å². The third-order valence-electron chi connectivity index (χ3n) is 5.91. The lowest BCUT2D eigenvalue weighted by molar-refractivity contribution is -0.139. The number of rotatable bonds is 9. The van der Waals surface area contributed by atoms with Crippen LogP contribution in [-0.2, 0) is 26.2 Å². The molecule has 0 heterocycles. The number of nitrogens with zero attached hydrogens (tertiary/aromatic N) is 2. The fourth-order valence-electron chi connectivity index (χ4n) is 4.01. The summed E-state index contributed by atoms with van der Waals surface area (Å²) >= 11 is 6.03. The summed E-state index contributed by atoms with van der Waals surface area (Å²) in [7, 11) is -3.83. The zero-order valence-corrected chi connectivity index (χ0v) is 20.8. The van der Waals surface area contributed by atoms with Gasteiger partial charge in [0.05, 0.1) is 11.9 Å². The molecule has 2 amide bonds. The van der Waals surface area contributed by atoms with Crippen LogP contribution in [0.25, 0.3) is 0 Å². The lowest BCUT2D eigenvalue weighted by Gasteiger charge is -2.32. The van der Waals surface area contributed by atoms with Crippen molar-refractivity contribution in [3.8, 4) is 0 Å². The highest BCUT2D eigenvalue weighted by Gasteiger charge is 2.31. The van der Waals surface area contributed by atoms with Crippen molar-refractivity contribution in [2.75, 3.05) is 17.1 Å². The van der Waals surface area contributed by atoms with E-state index >= 15 is 0 Å². The van der Waals surface area contributed by atoms with E-state index in [1.807, 2.05) is 0 Å². The normalized spacial score (nSPS) is 15.1. The molecule has 2 aromatic carbocycles. The minimum atomic E-state index is -3.83. The third-order valence-corrected chi connectivity index (χ3v) is 7.29. The Morgan fingerprint density at radius 2 is 1.79 bits per heavy atom. The summed E-state index contributed by atoms with van der Waals surface area (Å²) in [4.78, 5) is 27.7. The molecule has 184 valence electrons. The summed E-state index contributed by atoms with van der Waals surface area (Å²) in [5.74, 6) is -1.29. The molecule has 3 rings (SSSR count). The number of hydrogen-bond donors (Lipinski definition) is 1. The Hall–Kier alpha value is -2.65. The van der Waals surface area contributed by atoms with E-state index in [0.717, 1.165) is 36.2 Å². The molecule has 1 fully saturated rings. The fraction of sp³-hybridized carbons (Fsp3) is 0.417. The largest absolute Gasteiger partial charge is 0.352 e. The average Bonchev–Trinajstić information content (AvgIpc) is 3.28. The van der Waals surface area contributed by atoms with Crippen molar-refractivity contribution in [1.29, 1.82) is 0 Å². The number of hydrogen-bond acceptors (Lipinski definition) is 4. The second-order valence-electron chi connectivity index (χ2n) is 8.56. The van der Waals surface area contributed by atoms with Crippen LogP contribution < -0.4 is 9.62 Å². The molecule has 0 aromatic heterocycles. The van der Waals surface area contributed by atoms with E-state index in [9.17, 15) is 22.4 Å². The number of anilines is 1. The van der Waals surface area contributed by atoms with Crippen LogP contribution in [0.2, 0.25) is 5.02 Å². The SMILES string of the molecule is CC(C(=O)NC1CCCC1)N(Cc1ccc(F)cc1)C(=O)CN(c1cccc(Cl)c1)S(C)(=O)=O. The van der Waals surface area contributed by atoms with Gasteiger partial charge in [-0.05, 0) is 55.7 Å². The highest BCUT2D eigenvalue weighted by atomic mass is 35.5. The molecule has 0 bridgehead atoms. The lowest BCUT2D eigenvalue weighted by Crippen LogP contribution is -2.52. The Bertz CT molecular complexity index is 1120. The van der Waals surface area contributed by atoms with Gasteiger partial charge in [-0.25, -0.2) is 12.8 Å². The van der Waals surface area contributed by atoms with Gasteiger partial charge in [-0.15, -0.1) is 0 Å². The maximum Gasteiger partial charge on any atom is 0.244 e. The van der Waals surface area contributed by atoms with Crippen LogP contribution >= 0.6 is 11.6 Å². The molecule has 1 N–H and O–H groups in total. The lowest BCUT2D eigenvalue weighted by atomic mass is 10.1. The molecule has 2 aromatic rings. The summed E-state index contributed by atoms with van der Waals surface area (Å²) < 4.78 is 39.4. The van der Waals surface area contributed by atoms with Gasteiger partial charge in [0.1, 0.15) is 18.4 Å². The molecular weight excluding hydrogens is 481 g/mol. The van der Waals surface area contributed by atoms with Crippen LogP contribution in [0.15, 0.2) is 48.5 Å². The fourth-order valence-corrected chi connectivity index (χ4v) is 5.03. The monoisotopic (exact) mass is 509 g/mol. The minimum absolute atomic E-state index is 0.0194. The zero-order chi connectivity index (χ0) is 24.9. The summed E-state index contributed by atoms with van der Waals surface area (Å²) in [6, 6.07) is 11.0. The number of carbonyl (C=O) groups excluding carboxylic acids is 2. The van der Waals surface area contributed by atoms with Crippen LogP contribution in [0.1, 0.15) is 38.2 Å². The van der Waals surface area contributed by atoms with Gasteiger partial charge in [0.25, 0.3) is 0 Å². The summed E-state index contributed by atoms with van der Waals surface area (Å²) in [6.45, 7) is 1.11. The van der Waals surface area contributed by atoms with Crippen molar-refractivity contribution in [2.45, 2.75) is 51.2 Å². The molecule has 0 spiro atoms. The van der Waals surface area contributed by atoms with Crippen molar-refractivity contribution in [1.82, 2.24) is 10.2 Å². The minimum Gasteiger partial charge on any atom is -0.352 e. The van der Waals surface area contributed by atoms with Gasteiger partial charge >= 0.3 is 0 Å². The molecule has 10 heteroatoms. The van der Waals surface area contributed by atoms with E-state index < -0.39 is 34.3 Å². The topological polar surface area (TPSA) is 86.8 Å². The van der Waals surface area contributed by atoms with Crippen molar-refractivity contribution >= 4 is 39.1 Å². The molecule has 0 saturated heterocycles. The number of carbonyl (C=O) groups is 2. The van der Waals surface area contributed by atoms with Gasteiger partial charge in [0.15, 0.2) is 0 Å². The molecule has 0 aliphatic heterocycles. The van der Waals surface area contributed by atoms with Crippen LogP contribution in [0.3, 0.4) is 0 Å². The third kappa shape index (κ3) is 6.93. The van der Waals surface area contributed by atoms with Crippen LogP contribution in [0, 0.1) is 5.82 Å².